The second kappa shape index (κ2) is 7.77. The molecule has 0 saturated carbocycles. The molecule has 3 aromatic carbocycles. The number of thiophene rings is 1. The van der Waals surface area contributed by atoms with Gasteiger partial charge in [0.15, 0.2) is 0 Å². The van der Waals surface area contributed by atoms with Crippen molar-refractivity contribution in [2.75, 3.05) is 0 Å². The first-order valence-electron chi connectivity index (χ1n) is 10.1. The minimum Gasteiger partial charge on any atom is -0.251 e. The Morgan fingerprint density at radius 1 is 0.633 bits per heavy atom. The smallest absolute Gasteiger partial charge is 0.0769 e. The summed E-state index contributed by atoms with van der Waals surface area (Å²) < 4.78 is 0. The third-order valence-electron chi connectivity index (χ3n) is 5.70. The van der Waals surface area contributed by atoms with Gasteiger partial charge in [0.2, 0.25) is 0 Å². The van der Waals surface area contributed by atoms with Gasteiger partial charge in [-0.15, -0.1) is 34.9 Å². The summed E-state index contributed by atoms with van der Waals surface area (Å²) in [7, 11) is 0. The highest BCUT2D eigenvalue weighted by Gasteiger charge is 2.43. The summed E-state index contributed by atoms with van der Waals surface area (Å²) >= 11 is 5.83. The maximum atomic E-state index is 5.33. The number of thioether (sulfide) groups is 2. The van der Waals surface area contributed by atoms with E-state index >= 15 is 0 Å². The Kier molecular flexibility index (Phi) is 4.79. The Labute approximate surface area is 189 Å². The maximum Gasteiger partial charge on any atom is 0.0769 e. The topological polar surface area (TPSA) is 12.4 Å². The molecule has 30 heavy (non-hydrogen) atoms. The molecular weight excluding hydrogens is 422 g/mol. The fourth-order valence-corrected chi connectivity index (χ4v) is 8.26. The van der Waals surface area contributed by atoms with Crippen LogP contribution in [0.25, 0.3) is 0 Å². The first-order chi connectivity index (χ1) is 14.9. The van der Waals surface area contributed by atoms with Crippen molar-refractivity contribution in [3.05, 3.63) is 112 Å². The normalized spacial score (nSPS) is 22.3. The lowest BCUT2D eigenvalue weighted by Crippen LogP contribution is -2.29. The molecule has 146 valence electrons. The number of hydrogen-bond acceptors (Lipinski definition) is 4. The Morgan fingerprint density at radius 3 is 2.20 bits per heavy atom. The van der Waals surface area contributed by atoms with E-state index in [1.165, 1.54) is 31.5 Å². The zero-order valence-electron chi connectivity index (χ0n) is 16.1. The Bertz CT molecular complexity index is 1210. The van der Waals surface area contributed by atoms with Gasteiger partial charge in [-0.1, -0.05) is 66.7 Å². The van der Waals surface area contributed by atoms with E-state index in [0.29, 0.717) is 16.4 Å². The Morgan fingerprint density at radius 2 is 1.37 bits per heavy atom. The standard InChI is InChI=1S/C26H19NS3/c1-2-9-17(10-3-1)25-23-24(18-11-4-6-13-20(18)29-25)27-19-12-5-7-14-21(19)30-26(23)22-15-8-16-28-22/h1-16,23,25-26H. The van der Waals surface area contributed by atoms with Crippen molar-refractivity contribution in [2.24, 2.45) is 10.9 Å². The molecular formula is C26H19NS3. The fraction of sp³-hybridized carbons (Fsp3) is 0.115. The third kappa shape index (κ3) is 3.15. The van der Waals surface area contributed by atoms with Crippen molar-refractivity contribution in [3.63, 3.8) is 0 Å². The number of aliphatic imine (C=N–C) groups is 1. The average molecular weight is 442 g/mol. The molecule has 3 unspecified atom stereocenters. The van der Waals surface area contributed by atoms with Crippen LogP contribution in [0.15, 0.2) is 111 Å². The van der Waals surface area contributed by atoms with Crippen molar-refractivity contribution in [2.45, 2.75) is 20.3 Å². The van der Waals surface area contributed by atoms with E-state index in [9.17, 15) is 0 Å². The van der Waals surface area contributed by atoms with E-state index in [0.717, 1.165) is 5.69 Å². The number of nitrogens with zero attached hydrogens (tertiary/aromatic N) is 1. The summed E-state index contributed by atoms with van der Waals surface area (Å²) in [6.45, 7) is 0. The number of rotatable bonds is 2. The van der Waals surface area contributed by atoms with Crippen LogP contribution in [0.4, 0.5) is 5.69 Å². The van der Waals surface area contributed by atoms with Crippen LogP contribution in [-0.2, 0) is 0 Å². The van der Waals surface area contributed by atoms with E-state index in [4.69, 9.17) is 4.99 Å². The van der Waals surface area contributed by atoms with Crippen LogP contribution in [0.2, 0.25) is 0 Å². The molecule has 0 saturated heterocycles. The Balaban J connectivity index is 1.62. The van der Waals surface area contributed by atoms with Gasteiger partial charge in [0, 0.05) is 31.4 Å². The van der Waals surface area contributed by atoms with Crippen LogP contribution in [0, 0.1) is 5.92 Å². The van der Waals surface area contributed by atoms with E-state index in [-0.39, 0.29) is 0 Å². The van der Waals surface area contributed by atoms with Gasteiger partial charge in [0.1, 0.15) is 0 Å². The van der Waals surface area contributed by atoms with Crippen molar-refractivity contribution in [1.82, 2.24) is 0 Å². The molecule has 0 spiro atoms. The molecule has 0 aliphatic carbocycles. The summed E-state index contributed by atoms with van der Waals surface area (Å²) in [5, 5.41) is 2.86. The number of fused-ring (bicyclic) bond motifs is 4. The van der Waals surface area contributed by atoms with Crippen molar-refractivity contribution < 1.29 is 0 Å². The predicted octanol–water partition coefficient (Wildman–Crippen LogP) is 8.18. The predicted molar refractivity (Wildman–Crippen MR) is 131 cm³/mol. The third-order valence-corrected chi connectivity index (χ3v) is 9.63. The van der Waals surface area contributed by atoms with Gasteiger partial charge in [-0.05, 0) is 35.2 Å². The molecule has 0 N–H and O–H groups in total. The maximum absolute atomic E-state index is 5.33. The van der Waals surface area contributed by atoms with Gasteiger partial charge in [-0.3, -0.25) is 4.99 Å². The molecule has 4 aromatic rings. The van der Waals surface area contributed by atoms with Gasteiger partial charge < -0.3 is 0 Å². The molecule has 0 bridgehead atoms. The molecule has 4 heteroatoms. The van der Waals surface area contributed by atoms with Gasteiger partial charge in [-0.2, -0.15) is 0 Å². The second-order valence-corrected chi connectivity index (χ2v) is 10.8. The lowest BCUT2D eigenvalue weighted by molar-refractivity contribution is 0.656. The summed E-state index contributed by atoms with van der Waals surface area (Å²) in [5.74, 6) is 0.295. The van der Waals surface area contributed by atoms with E-state index in [1.54, 1.807) is 0 Å². The van der Waals surface area contributed by atoms with Crippen LogP contribution in [0.5, 0.6) is 0 Å². The van der Waals surface area contributed by atoms with E-state index < -0.39 is 0 Å². The number of hydrogen-bond donors (Lipinski definition) is 0. The molecule has 1 nitrogen and oxygen atoms in total. The van der Waals surface area contributed by atoms with Crippen molar-refractivity contribution in [1.29, 1.82) is 0 Å². The molecule has 0 amide bonds. The molecule has 3 heterocycles. The molecule has 0 fully saturated rings. The average Bonchev–Trinajstić information content (AvgIpc) is 3.28. The summed E-state index contributed by atoms with van der Waals surface area (Å²) in [6.07, 6.45) is 0. The summed E-state index contributed by atoms with van der Waals surface area (Å²) in [5.41, 5.74) is 4.99. The molecule has 1 aromatic heterocycles. The number of benzene rings is 3. The van der Waals surface area contributed by atoms with Crippen LogP contribution in [-0.4, -0.2) is 5.71 Å². The lowest BCUT2D eigenvalue weighted by Gasteiger charge is -2.37. The molecule has 2 aliphatic heterocycles. The SMILES string of the molecule is c1ccc(C2Sc3ccccc3C3=Nc4ccccc4SC(c4cccs4)C32)cc1. The van der Waals surface area contributed by atoms with Gasteiger partial charge >= 0.3 is 0 Å². The highest BCUT2D eigenvalue weighted by molar-refractivity contribution is 8.00. The van der Waals surface area contributed by atoms with E-state index in [2.05, 4.69) is 96.4 Å². The first-order valence-corrected chi connectivity index (χ1v) is 12.7. The number of para-hydroxylation sites is 1. The van der Waals surface area contributed by atoms with Gasteiger partial charge in [0.05, 0.1) is 16.6 Å². The monoisotopic (exact) mass is 441 g/mol. The highest BCUT2D eigenvalue weighted by atomic mass is 32.2. The first kappa shape index (κ1) is 18.5. The second-order valence-electron chi connectivity index (χ2n) is 7.49. The molecule has 2 aliphatic rings. The largest absolute Gasteiger partial charge is 0.251 e. The molecule has 6 rings (SSSR count). The van der Waals surface area contributed by atoms with Gasteiger partial charge in [0.25, 0.3) is 0 Å². The van der Waals surface area contributed by atoms with Crippen LogP contribution in [0.3, 0.4) is 0 Å². The van der Waals surface area contributed by atoms with Crippen LogP contribution >= 0.6 is 34.9 Å². The minimum absolute atomic E-state index is 0.295. The minimum atomic E-state index is 0.295. The summed E-state index contributed by atoms with van der Waals surface area (Å²) in [6, 6.07) is 32.8. The summed E-state index contributed by atoms with van der Waals surface area (Å²) in [4.78, 5) is 9.35. The zero-order valence-corrected chi connectivity index (χ0v) is 18.6. The van der Waals surface area contributed by atoms with Crippen LogP contribution in [0.1, 0.15) is 26.5 Å². The Hall–Kier alpha value is -2.27. The quantitative estimate of drug-likeness (QED) is 0.311. The van der Waals surface area contributed by atoms with E-state index in [1.807, 2.05) is 34.9 Å². The van der Waals surface area contributed by atoms with Crippen molar-refractivity contribution in [3.8, 4) is 0 Å². The van der Waals surface area contributed by atoms with Gasteiger partial charge in [-0.25, -0.2) is 0 Å². The zero-order chi connectivity index (χ0) is 19.9. The molecule has 3 atom stereocenters. The highest BCUT2D eigenvalue weighted by Crippen LogP contribution is 2.59. The van der Waals surface area contributed by atoms with Crippen molar-refractivity contribution >= 4 is 46.3 Å². The molecule has 0 radical (unpaired) electrons. The fourth-order valence-electron chi connectivity index (χ4n) is 4.35. The lowest BCUT2D eigenvalue weighted by atomic mass is 9.85. The van der Waals surface area contributed by atoms with Crippen LogP contribution < -0.4 is 0 Å².